The summed E-state index contributed by atoms with van der Waals surface area (Å²) in [6.45, 7) is 4.64. The van der Waals surface area contributed by atoms with Crippen molar-refractivity contribution in [2.24, 2.45) is 5.92 Å². The maximum absolute atomic E-state index is 5.99. The molecular formula is C14H26N2O. The van der Waals surface area contributed by atoms with Gasteiger partial charge < -0.3 is 10.1 Å². The molecule has 17 heavy (non-hydrogen) atoms. The van der Waals surface area contributed by atoms with Gasteiger partial charge in [0, 0.05) is 31.3 Å². The van der Waals surface area contributed by atoms with Crippen LogP contribution in [0.15, 0.2) is 0 Å². The maximum Gasteiger partial charge on any atom is 0.0759 e. The van der Waals surface area contributed by atoms with Gasteiger partial charge in [0.25, 0.3) is 0 Å². The van der Waals surface area contributed by atoms with Crippen LogP contribution in [-0.2, 0) is 4.74 Å². The van der Waals surface area contributed by atoms with Gasteiger partial charge in [-0.1, -0.05) is 0 Å². The molecule has 98 valence electrons. The molecular weight excluding hydrogens is 212 g/mol. The van der Waals surface area contributed by atoms with Crippen LogP contribution in [0.3, 0.4) is 0 Å². The van der Waals surface area contributed by atoms with Gasteiger partial charge in [-0.05, 0) is 52.0 Å². The lowest BCUT2D eigenvalue weighted by molar-refractivity contribution is 0.0159. The third-order valence-electron chi connectivity index (χ3n) is 4.95. The summed E-state index contributed by atoms with van der Waals surface area (Å²) in [7, 11) is 2.10. The first-order valence-corrected chi connectivity index (χ1v) is 7.34. The summed E-state index contributed by atoms with van der Waals surface area (Å²) >= 11 is 0. The molecule has 4 unspecified atom stereocenters. The van der Waals surface area contributed by atoms with Crippen molar-refractivity contribution in [3.8, 4) is 0 Å². The number of nitrogens with one attached hydrogen (secondary N) is 1. The molecule has 3 aliphatic rings. The van der Waals surface area contributed by atoms with Crippen molar-refractivity contribution in [3.63, 3.8) is 0 Å². The Hall–Kier alpha value is -0.120. The molecule has 1 saturated carbocycles. The highest BCUT2D eigenvalue weighted by Crippen LogP contribution is 2.41. The predicted molar refractivity (Wildman–Crippen MR) is 69.1 cm³/mol. The monoisotopic (exact) mass is 238 g/mol. The van der Waals surface area contributed by atoms with Crippen LogP contribution in [0, 0.1) is 5.92 Å². The summed E-state index contributed by atoms with van der Waals surface area (Å²) < 4.78 is 5.99. The number of hydrogen-bond donors (Lipinski definition) is 1. The molecule has 0 aromatic carbocycles. The fourth-order valence-electron chi connectivity index (χ4n) is 3.77. The Morgan fingerprint density at radius 2 is 2.00 bits per heavy atom. The Morgan fingerprint density at radius 1 is 1.18 bits per heavy atom. The van der Waals surface area contributed by atoms with E-state index in [1.807, 2.05) is 0 Å². The van der Waals surface area contributed by atoms with Gasteiger partial charge in [0.15, 0.2) is 0 Å². The molecule has 0 spiro atoms. The summed E-state index contributed by atoms with van der Waals surface area (Å²) in [6, 6.07) is 2.16. The van der Waals surface area contributed by atoms with Gasteiger partial charge in [-0.15, -0.1) is 0 Å². The minimum Gasteiger partial charge on any atom is -0.376 e. The Balaban J connectivity index is 1.63. The van der Waals surface area contributed by atoms with Gasteiger partial charge in [0.1, 0.15) is 0 Å². The highest BCUT2D eigenvalue weighted by molar-refractivity contribution is 4.97. The minimum atomic E-state index is 0.559. The van der Waals surface area contributed by atoms with Gasteiger partial charge in [-0.25, -0.2) is 0 Å². The molecule has 3 rings (SSSR count). The minimum absolute atomic E-state index is 0.559. The van der Waals surface area contributed by atoms with Gasteiger partial charge in [-0.2, -0.15) is 0 Å². The highest BCUT2D eigenvalue weighted by atomic mass is 16.5. The van der Waals surface area contributed by atoms with Crippen LogP contribution in [0.2, 0.25) is 0 Å². The molecule has 2 aliphatic heterocycles. The molecule has 0 aromatic rings. The van der Waals surface area contributed by atoms with E-state index in [1.165, 1.54) is 38.6 Å². The molecule has 0 amide bonds. The fraction of sp³-hybridized carbons (Fsp3) is 1.00. The van der Waals surface area contributed by atoms with Gasteiger partial charge in [0.05, 0.1) is 6.10 Å². The molecule has 3 nitrogen and oxygen atoms in total. The van der Waals surface area contributed by atoms with Crippen LogP contribution in [-0.4, -0.2) is 49.3 Å². The quantitative estimate of drug-likeness (QED) is 0.809. The van der Waals surface area contributed by atoms with Crippen molar-refractivity contribution < 1.29 is 4.74 Å². The molecule has 0 radical (unpaired) electrons. The number of ether oxygens (including phenoxy) is 1. The van der Waals surface area contributed by atoms with E-state index in [0.29, 0.717) is 12.1 Å². The van der Waals surface area contributed by atoms with E-state index in [1.54, 1.807) is 0 Å². The molecule has 3 heteroatoms. The van der Waals surface area contributed by atoms with Crippen LogP contribution in [0.5, 0.6) is 0 Å². The lowest BCUT2D eigenvalue weighted by Crippen LogP contribution is -2.53. The predicted octanol–water partition coefficient (Wildman–Crippen LogP) is 1.63. The number of rotatable bonds is 3. The Morgan fingerprint density at radius 3 is 2.65 bits per heavy atom. The SMILES string of the molecule is CNC1CCN(C2CCOC2C2CC2)C(C)C1. The first-order valence-electron chi connectivity index (χ1n) is 7.34. The van der Waals surface area contributed by atoms with Crippen LogP contribution in [0.4, 0.5) is 0 Å². The first-order chi connectivity index (χ1) is 8.29. The lowest BCUT2D eigenvalue weighted by atomic mass is 9.93. The normalized spacial score (nSPS) is 44.1. The van der Waals surface area contributed by atoms with Crippen molar-refractivity contribution >= 4 is 0 Å². The Bertz CT molecular complexity index is 267. The molecule has 3 fully saturated rings. The Labute approximate surface area is 105 Å². The lowest BCUT2D eigenvalue weighted by Gasteiger charge is -2.42. The van der Waals surface area contributed by atoms with E-state index in [4.69, 9.17) is 4.74 Å². The van der Waals surface area contributed by atoms with Gasteiger partial charge in [0.2, 0.25) is 0 Å². The standard InChI is InChI=1S/C14H26N2O/c1-10-9-12(15-2)5-7-16(10)13-6-8-17-14(13)11-3-4-11/h10-15H,3-9H2,1-2H3. The van der Waals surface area contributed by atoms with Crippen molar-refractivity contribution in [1.82, 2.24) is 10.2 Å². The number of hydrogen-bond acceptors (Lipinski definition) is 3. The molecule has 2 heterocycles. The van der Waals surface area contributed by atoms with Gasteiger partial charge in [-0.3, -0.25) is 4.90 Å². The third-order valence-corrected chi connectivity index (χ3v) is 4.95. The van der Waals surface area contributed by atoms with Crippen LogP contribution in [0.1, 0.15) is 39.0 Å². The topological polar surface area (TPSA) is 24.5 Å². The smallest absolute Gasteiger partial charge is 0.0759 e. The van der Waals surface area contributed by atoms with E-state index >= 15 is 0 Å². The molecule has 0 aromatic heterocycles. The zero-order valence-electron chi connectivity index (χ0n) is 11.2. The zero-order chi connectivity index (χ0) is 11.8. The van der Waals surface area contributed by atoms with Crippen LogP contribution in [0.25, 0.3) is 0 Å². The van der Waals surface area contributed by atoms with E-state index in [0.717, 1.165) is 24.6 Å². The summed E-state index contributed by atoms with van der Waals surface area (Å²) in [5, 5.41) is 3.43. The second kappa shape index (κ2) is 4.87. The second-order valence-corrected chi connectivity index (χ2v) is 6.13. The molecule has 0 bridgehead atoms. The summed E-state index contributed by atoms with van der Waals surface area (Å²) in [4.78, 5) is 2.74. The third kappa shape index (κ3) is 2.38. The van der Waals surface area contributed by atoms with Crippen molar-refractivity contribution in [3.05, 3.63) is 0 Å². The highest BCUT2D eigenvalue weighted by Gasteiger charge is 2.44. The fourth-order valence-corrected chi connectivity index (χ4v) is 3.77. The summed E-state index contributed by atoms with van der Waals surface area (Å²) in [5.41, 5.74) is 0. The van der Waals surface area contributed by atoms with E-state index < -0.39 is 0 Å². The van der Waals surface area contributed by atoms with Crippen LogP contribution >= 0.6 is 0 Å². The van der Waals surface area contributed by atoms with Crippen molar-refractivity contribution in [1.29, 1.82) is 0 Å². The van der Waals surface area contributed by atoms with Gasteiger partial charge >= 0.3 is 0 Å². The molecule has 4 atom stereocenters. The first kappa shape index (κ1) is 11.9. The average molecular weight is 238 g/mol. The van der Waals surface area contributed by atoms with Crippen LogP contribution < -0.4 is 5.32 Å². The number of likely N-dealkylation sites (tertiary alicyclic amines) is 1. The second-order valence-electron chi connectivity index (χ2n) is 6.13. The zero-order valence-corrected chi connectivity index (χ0v) is 11.2. The van der Waals surface area contributed by atoms with E-state index in [-0.39, 0.29) is 0 Å². The summed E-state index contributed by atoms with van der Waals surface area (Å²) in [6.07, 6.45) is 7.23. The van der Waals surface area contributed by atoms with E-state index in [2.05, 4.69) is 24.2 Å². The largest absolute Gasteiger partial charge is 0.376 e. The van der Waals surface area contributed by atoms with E-state index in [9.17, 15) is 0 Å². The summed E-state index contributed by atoms with van der Waals surface area (Å²) in [5.74, 6) is 0.886. The van der Waals surface area contributed by atoms with Crippen molar-refractivity contribution in [2.75, 3.05) is 20.2 Å². The average Bonchev–Trinajstić information content (AvgIpc) is 3.08. The number of piperidine rings is 1. The molecule has 1 aliphatic carbocycles. The molecule has 1 N–H and O–H groups in total. The maximum atomic E-state index is 5.99. The van der Waals surface area contributed by atoms with Crippen molar-refractivity contribution in [2.45, 2.75) is 63.3 Å². The molecule has 2 saturated heterocycles. The Kier molecular flexibility index (Phi) is 3.42. The number of nitrogens with zero attached hydrogens (tertiary/aromatic N) is 1.